The topological polar surface area (TPSA) is 122 Å². The molecular weight excluding hydrogens is 238 g/mol. The van der Waals surface area contributed by atoms with Gasteiger partial charge in [0.15, 0.2) is 0 Å². The first-order valence-corrected chi connectivity index (χ1v) is 6.05. The molecule has 1 heterocycles. The lowest BCUT2D eigenvalue weighted by Crippen LogP contribution is -2.51. The number of primary amides is 1. The maximum atomic E-state index is 11.8. The number of rotatable bonds is 6. The average molecular weight is 257 g/mol. The van der Waals surface area contributed by atoms with Crippen molar-refractivity contribution in [1.29, 1.82) is 0 Å². The van der Waals surface area contributed by atoms with Gasteiger partial charge in [0.05, 0.1) is 6.04 Å². The second kappa shape index (κ2) is 6.95. The van der Waals surface area contributed by atoms with Crippen LogP contribution in [0.15, 0.2) is 0 Å². The minimum atomic E-state index is -1.15. The van der Waals surface area contributed by atoms with Crippen LogP contribution in [0.4, 0.5) is 0 Å². The van der Waals surface area contributed by atoms with Gasteiger partial charge in [0.25, 0.3) is 0 Å². The molecule has 0 aliphatic carbocycles. The minimum Gasteiger partial charge on any atom is -0.480 e. The molecule has 7 heteroatoms. The number of amides is 2. The van der Waals surface area contributed by atoms with Crippen molar-refractivity contribution in [2.45, 2.75) is 44.2 Å². The summed E-state index contributed by atoms with van der Waals surface area (Å²) in [6.45, 7) is 0.761. The predicted molar refractivity (Wildman–Crippen MR) is 63.6 cm³/mol. The van der Waals surface area contributed by atoms with Crippen LogP contribution in [0.3, 0.4) is 0 Å². The molecule has 1 aliphatic rings. The molecule has 0 spiro atoms. The van der Waals surface area contributed by atoms with Crippen molar-refractivity contribution < 1.29 is 19.5 Å². The minimum absolute atomic E-state index is 0.0170. The molecule has 0 bridgehead atoms. The van der Waals surface area contributed by atoms with Gasteiger partial charge < -0.3 is 21.5 Å². The zero-order chi connectivity index (χ0) is 13.5. The monoisotopic (exact) mass is 257 g/mol. The molecule has 0 aromatic heterocycles. The number of nitrogens with two attached hydrogens (primary N) is 1. The van der Waals surface area contributed by atoms with Gasteiger partial charge in [-0.15, -0.1) is 0 Å². The van der Waals surface area contributed by atoms with E-state index < -0.39 is 17.9 Å². The smallest absolute Gasteiger partial charge is 0.326 e. The Morgan fingerprint density at radius 3 is 2.61 bits per heavy atom. The number of piperidine rings is 1. The highest BCUT2D eigenvalue weighted by atomic mass is 16.4. The van der Waals surface area contributed by atoms with Crippen LogP contribution in [0.2, 0.25) is 0 Å². The van der Waals surface area contributed by atoms with E-state index in [1.54, 1.807) is 0 Å². The molecule has 0 aromatic carbocycles. The van der Waals surface area contributed by atoms with E-state index in [0.717, 1.165) is 19.4 Å². The summed E-state index contributed by atoms with van der Waals surface area (Å²) >= 11 is 0. The Hall–Kier alpha value is -1.63. The van der Waals surface area contributed by atoms with Gasteiger partial charge >= 0.3 is 5.97 Å². The first-order chi connectivity index (χ1) is 8.50. The Morgan fingerprint density at radius 2 is 2.11 bits per heavy atom. The van der Waals surface area contributed by atoms with E-state index >= 15 is 0 Å². The standard InChI is InChI=1S/C11H19N3O4/c12-9(15)5-4-8(11(17)18)14-10(16)7-3-1-2-6-13-7/h7-8,13H,1-6H2,(H2,12,15)(H,14,16)(H,17,18)/t7-,8?/m0/s1. The van der Waals surface area contributed by atoms with Crippen LogP contribution in [0.25, 0.3) is 0 Å². The maximum absolute atomic E-state index is 11.8. The van der Waals surface area contributed by atoms with Crippen molar-refractivity contribution >= 4 is 17.8 Å². The molecule has 1 rings (SSSR count). The molecule has 1 fully saturated rings. The van der Waals surface area contributed by atoms with Gasteiger partial charge in [-0.25, -0.2) is 4.79 Å². The van der Waals surface area contributed by atoms with E-state index in [9.17, 15) is 14.4 Å². The van der Waals surface area contributed by atoms with Gasteiger partial charge in [-0.2, -0.15) is 0 Å². The highest BCUT2D eigenvalue weighted by molar-refractivity contribution is 5.87. The number of aliphatic carboxylic acids is 1. The summed E-state index contributed by atoms with van der Waals surface area (Å²) in [4.78, 5) is 33.4. The molecule has 2 atom stereocenters. The quantitative estimate of drug-likeness (QED) is 0.484. The van der Waals surface area contributed by atoms with Crippen molar-refractivity contribution in [2.24, 2.45) is 5.73 Å². The molecule has 102 valence electrons. The zero-order valence-corrected chi connectivity index (χ0v) is 10.1. The fraction of sp³-hybridized carbons (Fsp3) is 0.727. The van der Waals surface area contributed by atoms with Gasteiger partial charge in [-0.1, -0.05) is 6.42 Å². The van der Waals surface area contributed by atoms with Crippen LogP contribution in [-0.2, 0) is 14.4 Å². The first kappa shape index (κ1) is 14.4. The van der Waals surface area contributed by atoms with Crippen molar-refractivity contribution in [1.82, 2.24) is 10.6 Å². The van der Waals surface area contributed by atoms with E-state index in [-0.39, 0.29) is 24.8 Å². The van der Waals surface area contributed by atoms with E-state index in [1.807, 2.05) is 0 Å². The molecule has 1 aliphatic heterocycles. The molecule has 7 nitrogen and oxygen atoms in total. The third kappa shape index (κ3) is 4.70. The largest absolute Gasteiger partial charge is 0.480 e. The average Bonchev–Trinajstić information content (AvgIpc) is 2.34. The summed E-state index contributed by atoms with van der Waals surface area (Å²) in [5.74, 6) is -2.06. The second-order valence-corrected chi connectivity index (χ2v) is 4.41. The summed E-state index contributed by atoms with van der Waals surface area (Å²) in [6.07, 6.45) is 2.63. The number of carboxylic acids is 1. The van der Waals surface area contributed by atoms with E-state index in [1.165, 1.54) is 0 Å². The number of carbonyl (C=O) groups is 3. The van der Waals surface area contributed by atoms with Crippen molar-refractivity contribution in [3.05, 3.63) is 0 Å². The van der Waals surface area contributed by atoms with Crippen LogP contribution in [-0.4, -0.2) is 41.5 Å². The van der Waals surface area contributed by atoms with Gasteiger partial charge in [-0.3, -0.25) is 9.59 Å². The molecule has 1 saturated heterocycles. The third-order valence-electron chi connectivity index (χ3n) is 2.92. The Kier molecular flexibility index (Phi) is 5.57. The SMILES string of the molecule is NC(=O)CCC(NC(=O)[C@@H]1CCCCN1)C(=O)O. The Bertz CT molecular complexity index is 326. The Balaban J connectivity index is 2.46. The molecule has 1 unspecified atom stereocenters. The highest BCUT2D eigenvalue weighted by Gasteiger charge is 2.26. The summed E-state index contributed by atoms with van der Waals surface area (Å²) in [5.41, 5.74) is 4.96. The molecular formula is C11H19N3O4. The normalized spacial score (nSPS) is 21.0. The highest BCUT2D eigenvalue weighted by Crippen LogP contribution is 2.08. The third-order valence-corrected chi connectivity index (χ3v) is 2.92. The molecule has 0 radical (unpaired) electrons. The van der Waals surface area contributed by atoms with Gasteiger partial charge in [0.2, 0.25) is 11.8 Å². The number of carboxylic acid groups (broad SMARTS) is 1. The van der Waals surface area contributed by atoms with E-state index in [0.29, 0.717) is 6.42 Å². The molecule has 18 heavy (non-hydrogen) atoms. The Labute approximate surface area is 105 Å². The van der Waals surface area contributed by atoms with E-state index in [4.69, 9.17) is 10.8 Å². The molecule has 0 aromatic rings. The lowest BCUT2D eigenvalue weighted by Gasteiger charge is -2.24. The van der Waals surface area contributed by atoms with Gasteiger partial charge in [-0.05, 0) is 25.8 Å². The summed E-state index contributed by atoms with van der Waals surface area (Å²) in [6, 6.07) is -1.40. The first-order valence-electron chi connectivity index (χ1n) is 6.05. The van der Waals surface area contributed by atoms with Crippen molar-refractivity contribution in [3.63, 3.8) is 0 Å². The van der Waals surface area contributed by atoms with Crippen molar-refractivity contribution in [2.75, 3.05) is 6.54 Å². The summed E-state index contributed by atoms with van der Waals surface area (Å²) < 4.78 is 0. The number of hydrogen-bond donors (Lipinski definition) is 4. The van der Waals surface area contributed by atoms with Gasteiger partial charge in [0, 0.05) is 6.42 Å². The van der Waals surface area contributed by atoms with Crippen LogP contribution < -0.4 is 16.4 Å². The number of hydrogen-bond acceptors (Lipinski definition) is 4. The predicted octanol–water partition coefficient (Wildman–Crippen LogP) is -1.04. The second-order valence-electron chi connectivity index (χ2n) is 4.41. The molecule has 5 N–H and O–H groups in total. The fourth-order valence-corrected chi connectivity index (χ4v) is 1.89. The lowest BCUT2D eigenvalue weighted by atomic mass is 10.0. The van der Waals surface area contributed by atoms with Crippen molar-refractivity contribution in [3.8, 4) is 0 Å². The van der Waals surface area contributed by atoms with E-state index in [2.05, 4.69) is 10.6 Å². The van der Waals surface area contributed by atoms with Crippen LogP contribution in [0.1, 0.15) is 32.1 Å². The summed E-state index contributed by atoms with van der Waals surface area (Å²) in [7, 11) is 0. The summed E-state index contributed by atoms with van der Waals surface area (Å²) in [5, 5.41) is 14.4. The number of carbonyl (C=O) groups excluding carboxylic acids is 2. The van der Waals surface area contributed by atoms with Crippen LogP contribution in [0, 0.1) is 0 Å². The molecule has 0 saturated carbocycles. The van der Waals surface area contributed by atoms with Crippen LogP contribution >= 0.6 is 0 Å². The van der Waals surface area contributed by atoms with Gasteiger partial charge in [0.1, 0.15) is 6.04 Å². The molecule has 2 amide bonds. The van der Waals surface area contributed by atoms with Crippen LogP contribution in [0.5, 0.6) is 0 Å². The number of nitrogens with one attached hydrogen (secondary N) is 2. The maximum Gasteiger partial charge on any atom is 0.326 e. The lowest BCUT2D eigenvalue weighted by molar-refractivity contribution is -0.142. The Morgan fingerprint density at radius 1 is 1.39 bits per heavy atom. The fourth-order valence-electron chi connectivity index (χ4n) is 1.89. The zero-order valence-electron chi connectivity index (χ0n) is 10.1.